The summed E-state index contributed by atoms with van der Waals surface area (Å²) in [6, 6.07) is 5.29. The number of carboxylic acids is 1. The lowest BCUT2D eigenvalue weighted by molar-refractivity contribution is -0.137. The van der Waals surface area contributed by atoms with E-state index in [4.69, 9.17) is 21.4 Å². The molecule has 0 aliphatic carbocycles. The molecule has 0 fully saturated rings. The summed E-state index contributed by atoms with van der Waals surface area (Å²) in [5.74, 6) is -0.245. The third kappa shape index (κ3) is 4.53. The Hall–Kier alpha value is -0.740. The van der Waals surface area contributed by atoms with E-state index in [0.29, 0.717) is 23.8 Å². The van der Waals surface area contributed by atoms with E-state index in [2.05, 4.69) is 15.9 Å². The Kier molecular flexibility index (Phi) is 4.91. The molecule has 0 bridgehead atoms. The number of aliphatic carboxylic acids is 1. The van der Waals surface area contributed by atoms with Crippen molar-refractivity contribution in [1.29, 1.82) is 0 Å². The van der Waals surface area contributed by atoms with Crippen LogP contribution in [-0.4, -0.2) is 17.7 Å². The summed E-state index contributed by atoms with van der Waals surface area (Å²) in [5, 5.41) is 8.93. The Labute approximate surface area is 101 Å². The summed E-state index contributed by atoms with van der Waals surface area (Å²) >= 11 is 9.18. The lowest BCUT2D eigenvalue weighted by Crippen LogP contribution is -2.02. The Morgan fingerprint density at radius 3 is 2.87 bits per heavy atom. The first-order valence-corrected chi connectivity index (χ1v) is 5.56. The minimum absolute atomic E-state index is 0.105. The third-order valence-electron chi connectivity index (χ3n) is 1.69. The van der Waals surface area contributed by atoms with Crippen LogP contribution in [0.2, 0.25) is 5.02 Å². The van der Waals surface area contributed by atoms with E-state index < -0.39 is 5.97 Å². The molecular formula is C10H10BrClO3. The van der Waals surface area contributed by atoms with Crippen molar-refractivity contribution in [2.45, 2.75) is 12.8 Å². The first kappa shape index (κ1) is 12.3. The molecule has 0 spiro atoms. The second kappa shape index (κ2) is 5.98. The number of benzene rings is 1. The highest BCUT2D eigenvalue weighted by molar-refractivity contribution is 9.10. The van der Waals surface area contributed by atoms with Crippen LogP contribution < -0.4 is 4.74 Å². The molecule has 5 heteroatoms. The molecule has 1 aromatic rings. The zero-order valence-corrected chi connectivity index (χ0v) is 10.2. The fourth-order valence-electron chi connectivity index (χ4n) is 0.998. The molecule has 0 atom stereocenters. The summed E-state index contributed by atoms with van der Waals surface area (Å²) in [6.45, 7) is 0.355. The molecule has 15 heavy (non-hydrogen) atoms. The van der Waals surface area contributed by atoms with Crippen LogP contribution in [0.5, 0.6) is 5.75 Å². The normalized spacial score (nSPS) is 10.0. The van der Waals surface area contributed by atoms with Crippen LogP contribution in [0, 0.1) is 0 Å². The molecule has 0 radical (unpaired) electrons. The van der Waals surface area contributed by atoms with Gasteiger partial charge in [0.25, 0.3) is 0 Å². The minimum atomic E-state index is -0.819. The summed E-state index contributed by atoms with van der Waals surface area (Å²) in [7, 11) is 0. The Morgan fingerprint density at radius 1 is 1.53 bits per heavy atom. The fraction of sp³-hybridized carbons (Fsp3) is 0.300. The van der Waals surface area contributed by atoms with Crippen LogP contribution in [0.15, 0.2) is 22.7 Å². The van der Waals surface area contributed by atoms with Crippen molar-refractivity contribution in [2.75, 3.05) is 6.61 Å². The van der Waals surface area contributed by atoms with E-state index in [0.717, 1.165) is 4.47 Å². The van der Waals surface area contributed by atoms with Crippen LogP contribution in [-0.2, 0) is 4.79 Å². The maximum atomic E-state index is 10.2. The highest BCUT2D eigenvalue weighted by Gasteiger charge is 2.02. The van der Waals surface area contributed by atoms with E-state index in [1.165, 1.54) is 0 Å². The molecule has 0 saturated heterocycles. The molecule has 0 saturated carbocycles. The van der Waals surface area contributed by atoms with Crippen molar-refractivity contribution in [1.82, 2.24) is 0 Å². The summed E-state index contributed by atoms with van der Waals surface area (Å²) < 4.78 is 6.21. The first-order chi connectivity index (χ1) is 7.09. The molecule has 0 amide bonds. The highest BCUT2D eigenvalue weighted by atomic mass is 79.9. The molecule has 0 aromatic heterocycles. The Morgan fingerprint density at radius 2 is 2.27 bits per heavy atom. The van der Waals surface area contributed by atoms with Crippen molar-refractivity contribution < 1.29 is 14.6 Å². The molecule has 1 N–H and O–H groups in total. The molecule has 82 valence electrons. The van der Waals surface area contributed by atoms with E-state index in [1.54, 1.807) is 12.1 Å². The van der Waals surface area contributed by atoms with Crippen LogP contribution in [0.1, 0.15) is 12.8 Å². The lowest BCUT2D eigenvalue weighted by atomic mass is 10.3. The van der Waals surface area contributed by atoms with E-state index >= 15 is 0 Å². The largest absolute Gasteiger partial charge is 0.492 e. The van der Waals surface area contributed by atoms with Gasteiger partial charge < -0.3 is 9.84 Å². The SMILES string of the molecule is O=C(O)CCCOc1ccc(Br)cc1Cl. The maximum Gasteiger partial charge on any atom is 0.303 e. The summed E-state index contributed by atoms with van der Waals surface area (Å²) in [4.78, 5) is 10.2. The van der Waals surface area contributed by atoms with Gasteiger partial charge >= 0.3 is 5.97 Å². The maximum absolute atomic E-state index is 10.2. The second-order valence-electron chi connectivity index (χ2n) is 2.92. The number of carboxylic acid groups (broad SMARTS) is 1. The van der Waals surface area contributed by atoms with Crippen LogP contribution >= 0.6 is 27.5 Å². The zero-order valence-electron chi connectivity index (χ0n) is 7.87. The topological polar surface area (TPSA) is 46.5 Å². The molecule has 0 heterocycles. The molecule has 0 aliphatic heterocycles. The zero-order chi connectivity index (χ0) is 11.3. The standard InChI is InChI=1S/C10H10BrClO3/c11-7-3-4-9(8(12)6-7)15-5-1-2-10(13)14/h3-4,6H,1-2,5H2,(H,13,14). The van der Waals surface area contributed by atoms with Gasteiger partial charge in [0.05, 0.1) is 11.6 Å². The van der Waals surface area contributed by atoms with Crippen LogP contribution in [0.3, 0.4) is 0 Å². The van der Waals surface area contributed by atoms with Gasteiger partial charge in [0, 0.05) is 10.9 Å². The van der Waals surface area contributed by atoms with Gasteiger partial charge in [-0.15, -0.1) is 0 Å². The molecule has 1 aromatic carbocycles. The number of carbonyl (C=O) groups is 1. The number of rotatable bonds is 5. The second-order valence-corrected chi connectivity index (χ2v) is 4.24. The minimum Gasteiger partial charge on any atom is -0.492 e. The van der Waals surface area contributed by atoms with Gasteiger partial charge in [-0.05, 0) is 24.6 Å². The number of ether oxygens (including phenoxy) is 1. The van der Waals surface area contributed by atoms with E-state index in [1.807, 2.05) is 6.07 Å². The van der Waals surface area contributed by atoms with Gasteiger partial charge in [-0.3, -0.25) is 4.79 Å². The quantitative estimate of drug-likeness (QED) is 0.847. The van der Waals surface area contributed by atoms with Gasteiger partial charge in [0.1, 0.15) is 5.75 Å². The highest BCUT2D eigenvalue weighted by Crippen LogP contribution is 2.27. The lowest BCUT2D eigenvalue weighted by Gasteiger charge is -2.07. The molecule has 1 rings (SSSR count). The van der Waals surface area contributed by atoms with Crippen molar-refractivity contribution in [3.63, 3.8) is 0 Å². The van der Waals surface area contributed by atoms with Crippen molar-refractivity contribution in [3.8, 4) is 5.75 Å². The van der Waals surface area contributed by atoms with Gasteiger partial charge in [0.15, 0.2) is 0 Å². The summed E-state index contributed by atoms with van der Waals surface area (Å²) in [5.41, 5.74) is 0. The van der Waals surface area contributed by atoms with Gasteiger partial charge in [-0.1, -0.05) is 27.5 Å². The number of halogens is 2. The van der Waals surface area contributed by atoms with Crippen LogP contribution in [0.25, 0.3) is 0 Å². The number of hydrogen-bond acceptors (Lipinski definition) is 2. The molecule has 0 aliphatic rings. The van der Waals surface area contributed by atoms with E-state index in [9.17, 15) is 4.79 Å². The van der Waals surface area contributed by atoms with Crippen molar-refractivity contribution >= 4 is 33.5 Å². The number of hydrogen-bond donors (Lipinski definition) is 1. The predicted molar refractivity (Wildman–Crippen MR) is 61.5 cm³/mol. The average molecular weight is 294 g/mol. The first-order valence-electron chi connectivity index (χ1n) is 4.39. The molecule has 3 nitrogen and oxygen atoms in total. The Bertz CT molecular complexity index is 355. The van der Waals surface area contributed by atoms with E-state index in [-0.39, 0.29) is 6.42 Å². The summed E-state index contributed by atoms with van der Waals surface area (Å²) in [6.07, 6.45) is 0.579. The smallest absolute Gasteiger partial charge is 0.303 e. The third-order valence-corrected chi connectivity index (χ3v) is 2.48. The monoisotopic (exact) mass is 292 g/mol. The van der Waals surface area contributed by atoms with Crippen LogP contribution in [0.4, 0.5) is 0 Å². The van der Waals surface area contributed by atoms with Crippen molar-refractivity contribution in [2.24, 2.45) is 0 Å². The van der Waals surface area contributed by atoms with Gasteiger partial charge in [-0.2, -0.15) is 0 Å². The average Bonchev–Trinajstić information content (AvgIpc) is 2.14. The fourth-order valence-corrected chi connectivity index (χ4v) is 1.73. The van der Waals surface area contributed by atoms with Crippen molar-refractivity contribution in [3.05, 3.63) is 27.7 Å². The van der Waals surface area contributed by atoms with Gasteiger partial charge in [-0.25, -0.2) is 0 Å². The Balaban J connectivity index is 2.40. The van der Waals surface area contributed by atoms with Gasteiger partial charge in [0.2, 0.25) is 0 Å². The molecule has 0 unspecified atom stereocenters. The predicted octanol–water partition coefficient (Wildman–Crippen LogP) is 3.35. The molecular weight excluding hydrogens is 283 g/mol.